The SMILES string of the molecule is COCn1ccnc1CN1CCN(C)C2(CCNC(=O)CC2)C1. The molecule has 7 heteroatoms. The van der Waals surface area contributed by atoms with E-state index in [0.29, 0.717) is 13.2 Å². The second-order valence-electron chi connectivity index (χ2n) is 6.69. The highest BCUT2D eigenvalue weighted by Gasteiger charge is 2.40. The number of hydrogen-bond acceptors (Lipinski definition) is 5. The van der Waals surface area contributed by atoms with Crippen molar-refractivity contribution in [3.63, 3.8) is 0 Å². The molecule has 2 fully saturated rings. The zero-order valence-corrected chi connectivity index (χ0v) is 14.1. The summed E-state index contributed by atoms with van der Waals surface area (Å²) < 4.78 is 7.27. The Kier molecular flexibility index (Phi) is 4.99. The van der Waals surface area contributed by atoms with Crippen molar-refractivity contribution < 1.29 is 9.53 Å². The van der Waals surface area contributed by atoms with Gasteiger partial charge in [0.2, 0.25) is 5.91 Å². The van der Waals surface area contributed by atoms with Crippen LogP contribution in [0.2, 0.25) is 0 Å². The Balaban J connectivity index is 1.70. The number of carbonyl (C=O) groups is 1. The van der Waals surface area contributed by atoms with Crippen LogP contribution in [0.4, 0.5) is 0 Å². The van der Waals surface area contributed by atoms with E-state index in [4.69, 9.17) is 4.74 Å². The minimum Gasteiger partial charge on any atom is -0.364 e. The van der Waals surface area contributed by atoms with Crippen LogP contribution in [0.5, 0.6) is 0 Å². The van der Waals surface area contributed by atoms with Crippen molar-refractivity contribution in [2.45, 2.75) is 38.1 Å². The van der Waals surface area contributed by atoms with E-state index in [-0.39, 0.29) is 11.4 Å². The van der Waals surface area contributed by atoms with Gasteiger partial charge in [-0.3, -0.25) is 14.6 Å². The zero-order valence-electron chi connectivity index (χ0n) is 14.1. The van der Waals surface area contributed by atoms with Gasteiger partial charge in [-0.25, -0.2) is 4.98 Å². The average molecular weight is 321 g/mol. The lowest BCUT2D eigenvalue weighted by Gasteiger charge is -2.49. The maximum atomic E-state index is 11.7. The number of amides is 1. The summed E-state index contributed by atoms with van der Waals surface area (Å²) in [4.78, 5) is 21.1. The Morgan fingerprint density at radius 3 is 3.09 bits per heavy atom. The van der Waals surface area contributed by atoms with Gasteiger partial charge < -0.3 is 14.6 Å². The molecule has 2 aliphatic rings. The molecule has 7 nitrogen and oxygen atoms in total. The third-order valence-electron chi connectivity index (χ3n) is 5.24. The standard InChI is InChI=1S/C16H27N5O2/c1-19-9-10-20(11-14-17-7-8-21(14)13-23-2)12-16(19)4-3-15(22)18-6-5-16/h7-8H,3-6,9-13H2,1-2H3,(H,18,22). The summed E-state index contributed by atoms with van der Waals surface area (Å²) in [6.45, 7) is 5.17. The first-order chi connectivity index (χ1) is 11.1. The number of aromatic nitrogens is 2. The first kappa shape index (κ1) is 16.4. The van der Waals surface area contributed by atoms with Crippen molar-refractivity contribution in [1.29, 1.82) is 0 Å². The molecule has 0 aromatic carbocycles. The maximum Gasteiger partial charge on any atom is 0.220 e. The smallest absolute Gasteiger partial charge is 0.220 e. The lowest BCUT2D eigenvalue weighted by Crippen LogP contribution is -2.60. The Hall–Kier alpha value is -1.44. The van der Waals surface area contributed by atoms with Crippen LogP contribution >= 0.6 is 0 Å². The molecule has 2 saturated heterocycles. The highest BCUT2D eigenvalue weighted by molar-refractivity contribution is 5.76. The first-order valence-electron chi connectivity index (χ1n) is 8.32. The minimum atomic E-state index is 0.0933. The summed E-state index contributed by atoms with van der Waals surface area (Å²) in [6, 6.07) is 0. The Morgan fingerprint density at radius 1 is 1.39 bits per heavy atom. The molecule has 0 aliphatic carbocycles. The monoisotopic (exact) mass is 321 g/mol. The molecule has 3 rings (SSSR count). The Bertz CT molecular complexity index is 546. The third-order valence-corrected chi connectivity index (χ3v) is 5.24. The number of imidazole rings is 1. The molecule has 2 aliphatic heterocycles. The molecule has 0 bridgehead atoms. The molecule has 1 aromatic rings. The Labute approximate surface area is 137 Å². The number of methoxy groups -OCH3 is 1. The van der Waals surface area contributed by atoms with E-state index in [1.54, 1.807) is 7.11 Å². The van der Waals surface area contributed by atoms with Crippen molar-refractivity contribution in [3.8, 4) is 0 Å². The molecule has 0 radical (unpaired) electrons. The van der Waals surface area contributed by atoms with Crippen LogP contribution < -0.4 is 5.32 Å². The highest BCUT2D eigenvalue weighted by Crippen LogP contribution is 2.30. The summed E-state index contributed by atoms with van der Waals surface area (Å²) in [7, 11) is 3.89. The van der Waals surface area contributed by atoms with Gasteiger partial charge in [-0.2, -0.15) is 0 Å². The number of rotatable bonds is 4. The van der Waals surface area contributed by atoms with Crippen LogP contribution in [0.1, 0.15) is 25.1 Å². The predicted octanol–water partition coefficient (Wildman–Crippen LogP) is 0.273. The number of likely N-dealkylation sites (N-methyl/N-ethyl adjacent to an activating group) is 1. The fraction of sp³-hybridized carbons (Fsp3) is 0.750. The molecule has 1 amide bonds. The Morgan fingerprint density at radius 2 is 2.26 bits per heavy atom. The van der Waals surface area contributed by atoms with Gasteiger partial charge in [0.05, 0.1) is 6.54 Å². The van der Waals surface area contributed by atoms with Gasteiger partial charge in [-0.05, 0) is 19.9 Å². The van der Waals surface area contributed by atoms with Crippen LogP contribution in [0.15, 0.2) is 12.4 Å². The molecule has 23 heavy (non-hydrogen) atoms. The summed E-state index contributed by atoms with van der Waals surface area (Å²) in [5.74, 6) is 1.22. The van der Waals surface area contributed by atoms with Crippen molar-refractivity contribution >= 4 is 5.91 Å². The van der Waals surface area contributed by atoms with E-state index in [0.717, 1.165) is 51.4 Å². The van der Waals surface area contributed by atoms with Gasteiger partial charge in [-0.1, -0.05) is 0 Å². The van der Waals surface area contributed by atoms with E-state index in [2.05, 4.69) is 27.1 Å². The van der Waals surface area contributed by atoms with Crippen molar-refractivity contribution in [2.24, 2.45) is 0 Å². The zero-order chi connectivity index (χ0) is 16.3. The average Bonchev–Trinajstić information content (AvgIpc) is 2.87. The summed E-state index contributed by atoms with van der Waals surface area (Å²) in [5.41, 5.74) is 0.0933. The van der Waals surface area contributed by atoms with Crippen molar-refractivity contribution in [1.82, 2.24) is 24.7 Å². The van der Waals surface area contributed by atoms with Gasteiger partial charge in [-0.15, -0.1) is 0 Å². The van der Waals surface area contributed by atoms with E-state index in [1.165, 1.54) is 0 Å². The molecule has 1 atom stereocenters. The lowest BCUT2D eigenvalue weighted by molar-refractivity contribution is -0.121. The highest BCUT2D eigenvalue weighted by atomic mass is 16.5. The number of nitrogens with one attached hydrogen (secondary N) is 1. The van der Waals surface area contributed by atoms with Gasteiger partial charge in [0.1, 0.15) is 12.6 Å². The van der Waals surface area contributed by atoms with Crippen LogP contribution in [0, 0.1) is 0 Å². The molecule has 0 saturated carbocycles. The van der Waals surface area contributed by atoms with Crippen molar-refractivity contribution in [3.05, 3.63) is 18.2 Å². The summed E-state index contributed by atoms with van der Waals surface area (Å²) in [5, 5.41) is 3.01. The predicted molar refractivity (Wildman–Crippen MR) is 86.7 cm³/mol. The maximum absolute atomic E-state index is 11.7. The minimum absolute atomic E-state index is 0.0933. The number of carbonyl (C=O) groups excluding carboxylic acids is 1. The van der Waals surface area contributed by atoms with Gasteiger partial charge >= 0.3 is 0 Å². The van der Waals surface area contributed by atoms with E-state index in [9.17, 15) is 4.79 Å². The molecule has 1 N–H and O–H groups in total. The fourth-order valence-corrected chi connectivity index (χ4v) is 3.76. The third kappa shape index (κ3) is 3.57. The van der Waals surface area contributed by atoms with Crippen LogP contribution in [0.3, 0.4) is 0 Å². The fourth-order valence-electron chi connectivity index (χ4n) is 3.76. The number of ether oxygens (including phenoxy) is 1. The van der Waals surface area contributed by atoms with E-state index < -0.39 is 0 Å². The van der Waals surface area contributed by atoms with Gasteiger partial charge in [0.25, 0.3) is 0 Å². The lowest BCUT2D eigenvalue weighted by atomic mass is 9.86. The summed E-state index contributed by atoms with van der Waals surface area (Å²) in [6.07, 6.45) is 6.35. The molecule has 1 spiro atoms. The largest absolute Gasteiger partial charge is 0.364 e. The first-order valence-corrected chi connectivity index (χ1v) is 8.32. The summed E-state index contributed by atoms with van der Waals surface area (Å²) >= 11 is 0. The van der Waals surface area contributed by atoms with E-state index in [1.807, 2.05) is 17.0 Å². The van der Waals surface area contributed by atoms with Gasteiger partial charge in [0, 0.05) is 57.6 Å². The molecule has 1 unspecified atom stereocenters. The molecular weight excluding hydrogens is 294 g/mol. The van der Waals surface area contributed by atoms with Crippen molar-refractivity contribution in [2.75, 3.05) is 40.3 Å². The number of nitrogens with zero attached hydrogens (tertiary/aromatic N) is 4. The number of piperazine rings is 1. The van der Waals surface area contributed by atoms with Gasteiger partial charge in [0.15, 0.2) is 0 Å². The van der Waals surface area contributed by atoms with Crippen LogP contribution in [0.25, 0.3) is 0 Å². The second kappa shape index (κ2) is 6.98. The molecule has 128 valence electrons. The second-order valence-corrected chi connectivity index (χ2v) is 6.69. The van der Waals surface area contributed by atoms with E-state index >= 15 is 0 Å². The molecule has 1 aromatic heterocycles. The topological polar surface area (TPSA) is 62.6 Å². The molecular formula is C16H27N5O2. The number of hydrogen-bond donors (Lipinski definition) is 1. The van der Waals surface area contributed by atoms with Crippen LogP contribution in [-0.2, 0) is 22.8 Å². The molecule has 3 heterocycles. The normalized spacial score (nSPS) is 27.1. The quantitative estimate of drug-likeness (QED) is 0.863. The van der Waals surface area contributed by atoms with Crippen LogP contribution in [-0.4, -0.2) is 71.1 Å².